The molecule has 1 aromatic heterocycles. The van der Waals surface area contributed by atoms with Gasteiger partial charge < -0.3 is 11.1 Å². The first-order valence-corrected chi connectivity index (χ1v) is 6.46. The number of hydrogen-bond acceptors (Lipinski definition) is 3. The van der Waals surface area contributed by atoms with Gasteiger partial charge in [-0.05, 0) is 47.6 Å². The molecule has 0 bridgehead atoms. The zero-order valence-corrected chi connectivity index (χ0v) is 11.0. The molecule has 0 saturated carbocycles. The third-order valence-corrected chi connectivity index (χ3v) is 4.22. The number of nitrogens with two attached hydrogens (primary N) is 1. The van der Waals surface area contributed by atoms with Gasteiger partial charge in [0.1, 0.15) is 0 Å². The molecule has 0 aliphatic heterocycles. The molecule has 0 aromatic carbocycles. The van der Waals surface area contributed by atoms with Crippen molar-refractivity contribution in [3.63, 3.8) is 0 Å². The van der Waals surface area contributed by atoms with E-state index in [0.29, 0.717) is 12.0 Å². The van der Waals surface area contributed by atoms with E-state index < -0.39 is 0 Å². The van der Waals surface area contributed by atoms with Gasteiger partial charge in [0.2, 0.25) is 0 Å². The predicted octanol–water partition coefficient (Wildman–Crippen LogP) is 2.76. The van der Waals surface area contributed by atoms with Crippen LogP contribution in [0.5, 0.6) is 0 Å². The van der Waals surface area contributed by atoms with Gasteiger partial charge in [0.15, 0.2) is 0 Å². The molecule has 1 aromatic rings. The standard InChI is InChI=1S/C10H17BrN2S/c1-3-7(6-12)10(13-2)8-4-5-9(11)14-8/h4-5,7,10,13H,3,6,12H2,1-2H3. The second-order valence-corrected chi connectivity index (χ2v) is 5.81. The van der Waals surface area contributed by atoms with Crippen molar-refractivity contribution >= 4 is 27.3 Å². The van der Waals surface area contributed by atoms with Crippen LogP contribution in [0.4, 0.5) is 0 Å². The average molecular weight is 277 g/mol. The maximum atomic E-state index is 5.76. The highest BCUT2D eigenvalue weighted by molar-refractivity contribution is 9.11. The minimum absolute atomic E-state index is 0.390. The first kappa shape index (κ1) is 12.2. The maximum Gasteiger partial charge on any atom is 0.0701 e. The van der Waals surface area contributed by atoms with E-state index in [1.54, 1.807) is 11.3 Å². The van der Waals surface area contributed by atoms with E-state index in [9.17, 15) is 0 Å². The van der Waals surface area contributed by atoms with Gasteiger partial charge in [-0.25, -0.2) is 0 Å². The highest BCUT2D eigenvalue weighted by Gasteiger charge is 2.20. The minimum Gasteiger partial charge on any atom is -0.330 e. The Labute approximate surface area is 98.0 Å². The molecule has 0 saturated heterocycles. The highest BCUT2D eigenvalue weighted by atomic mass is 79.9. The molecule has 2 atom stereocenters. The molecule has 4 heteroatoms. The van der Waals surface area contributed by atoms with E-state index in [2.05, 4.69) is 40.3 Å². The molecule has 0 amide bonds. The molecule has 0 spiro atoms. The molecule has 14 heavy (non-hydrogen) atoms. The van der Waals surface area contributed by atoms with Gasteiger partial charge in [0.25, 0.3) is 0 Å². The van der Waals surface area contributed by atoms with E-state index in [1.165, 1.54) is 8.66 Å². The van der Waals surface area contributed by atoms with Crippen LogP contribution in [0.1, 0.15) is 24.3 Å². The molecular formula is C10H17BrN2S. The Morgan fingerprint density at radius 1 is 1.57 bits per heavy atom. The summed E-state index contributed by atoms with van der Waals surface area (Å²) in [6, 6.07) is 4.64. The zero-order chi connectivity index (χ0) is 10.6. The summed E-state index contributed by atoms with van der Waals surface area (Å²) in [5.74, 6) is 0.519. The van der Waals surface area contributed by atoms with Gasteiger partial charge in [-0.3, -0.25) is 0 Å². The van der Waals surface area contributed by atoms with Gasteiger partial charge in [-0.1, -0.05) is 13.3 Å². The Morgan fingerprint density at radius 2 is 2.29 bits per heavy atom. The summed E-state index contributed by atoms with van der Waals surface area (Å²) < 4.78 is 1.18. The van der Waals surface area contributed by atoms with Crippen LogP contribution in [0.25, 0.3) is 0 Å². The molecule has 2 unspecified atom stereocenters. The Bertz CT molecular complexity index is 271. The van der Waals surface area contributed by atoms with E-state index in [4.69, 9.17) is 5.73 Å². The number of hydrogen-bond donors (Lipinski definition) is 2. The Kier molecular flexibility index (Phi) is 5.09. The van der Waals surface area contributed by atoms with Crippen molar-refractivity contribution in [1.29, 1.82) is 0 Å². The molecule has 1 heterocycles. The first-order chi connectivity index (χ1) is 6.72. The Balaban J connectivity index is 2.80. The molecule has 0 aliphatic carbocycles. The molecule has 0 aliphatic rings. The van der Waals surface area contributed by atoms with Crippen molar-refractivity contribution < 1.29 is 0 Å². The van der Waals surface area contributed by atoms with Crippen molar-refractivity contribution in [2.75, 3.05) is 13.6 Å². The van der Waals surface area contributed by atoms with Crippen molar-refractivity contribution in [1.82, 2.24) is 5.32 Å². The van der Waals surface area contributed by atoms with Crippen LogP contribution in [0.3, 0.4) is 0 Å². The van der Waals surface area contributed by atoms with E-state index in [1.807, 2.05) is 7.05 Å². The molecule has 2 nitrogen and oxygen atoms in total. The van der Waals surface area contributed by atoms with Gasteiger partial charge >= 0.3 is 0 Å². The summed E-state index contributed by atoms with van der Waals surface area (Å²) >= 11 is 5.26. The summed E-state index contributed by atoms with van der Waals surface area (Å²) in [5.41, 5.74) is 5.76. The van der Waals surface area contributed by atoms with Gasteiger partial charge in [-0.15, -0.1) is 11.3 Å². The predicted molar refractivity (Wildman–Crippen MR) is 66.7 cm³/mol. The van der Waals surface area contributed by atoms with Crippen LogP contribution in [0.2, 0.25) is 0 Å². The van der Waals surface area contributed by atoms with Crippen molar-refractivity contribution in [2.24, 2.45) is 11.7 Å². The number of rotatable bonds is 5. The summed E-state index contributed by atoms with van der Waals surface area (Å²) in [5, 5.41) is 3.34. The lowest BCUT2D eigenvalue weighted by Crippen LogP contribution is -2.29. The second kappa shape index (κ2) is 5.85. The monoisotopic (exact) mass is 276 g/mol. The lowest BCUT2D eigenvalue weighted by Gasteiger charge is -2.23. The van der Waals surface area contributed by atoms with E-state index in [-0.39, 0.29) is 0 Å². The zero-order valence-electron chi connectivity index (χ0n) is 8.59. The molecule has 3 N–H and O–H groups in total. The summed E-state index contributed by atoms with van der Waals surface area (Å²) in [4.78, 5) is 1.36. The fraction of sp³-hybridized carbons (Fsp3) is 0.600. The summed E-state index contributed by atoms with van der Waals surface area (Å²) in [6.07, 6.45) is 1.11. The van der Waals surface area contributed by atoms with Gasteiger partial charge in [0, 0.05) is 10.9 Å². The van der Waals surface area contributed by atoms with Gasteiger partial charge in [0.05, 0.1) is 3.79 Å². The molecule has 0 fully saturated rings. The Morgan fingerprint density at radius 3 is 2.64 bits per heavy atom. The Hall–Kier alpha value is 0.1000. The van der Waals surface area contributed by atoms with Crippen LogP contribution < -0.4 is 11.1 Å². The minimum atomic E-state index is 0.390. The van der Waals surface area contributed by atoms with E-state index in [0.717, 1.165) is 13.0 Å². The topological polar surface area (TPSA) is 38.0 Å². The van der Waals surface area contributed by atoms with Crippen LogP contribution in [0, 0.1) is 5.92 Å². The van der Waals surface area contributed by atoms with Crippen LogP contribution in [-0.4, -0.2) is 13.6 Å². The molecule has 80 valence electrons. The number of nitrogens with one attached hydrogen (secondary N) is 1. The highest BCUT2D eigenvalue weighted by Crippen LogP contribution is 2.31. The summed E-state index contributed by atoms with van der Waals surface area (Å²) in [6.45, 7) is 2.92. The lowest BCUT2D eigenvalue weighted by atomic mass is 9.96. The largest absolute Gasteiger partial charge is 0.330 e. The average Bonchev–Trinajstić information content (AvgIpc) is 2.60. The second-order valence-electron chi connectivity index (χ2n) is 3.31. The first-order valence-electron chi connectivity index (χ1n) is 4.85. The van der Waals surface area contributed by atoms with Crippen molar-refractivity contribution in [3.8, 4) is 0 Å². The molecular weight excluding hydrogens is 260 g/mol. The number of halogens is 1. The van der Waals surface area contributed by atoms with Crippen LogP contribution in [0.15, 0.2) is 15.9 Å². The maximum absolute atomic E-state index is 5.76. The molecule has 1 rings (SSSR count). The van der Waals surface area contributed by atoms with E-state index >= 15 is 0 Å². The van der Waals surface area contributed by atoms with Crippen molar-refractivity contribution in [3.05, 3.63) is 20.8 Å². The lowest BCUT2D eigenvalue weighted by molar-refractivity contribution is 0.383. The quantitative estimate of drug-likeness (QED) is 0.868. The summed E-state index contributed by atoms with van der Waals surface area (Å²) in [7, 11) is 2.00. The number of thiophene rings is 1. The van der Waals surface area contributed by atoms with Crippen LogP contribution in [-0.2, 0) is 0 Å². The van der Waals surface area contributed by atoms with Crippen LogP contribution >= 0.6 is 27.3 Å². The normalized spacial score (nSPS) is 15.4. The fourth-order valence-corrected chi connectivity index (χ4v) is 3.27. The fourth-order valence-electron chi connectivity index (χ4n) is 1.64. The third kappa shape index (κ3) is 2.79. The van der Waals surface area contributed by atoms with Crippen molar-refractivity contribution in [2.45, 2.75) is 19.4 Å². The SMILES string of the molecule is CCC(CN)C(NC)c1ccc(Br)s1. The molecule has 0 radical (unpaired) electrons. The third-order valence-electron chi connectivity index (χ3n) is 2.51. The van der Waals surface area contributed by atoms with Gasteiger partial charge in [-0.2, -0.15) is 0 Å². The smallest absolute Gasteiger partial charge is 0.0701 e.